The first-order valence-electron chi connectivity index (χ1n) is 4.96. The zero-order valence-corrected chi connectivity index (χ0v) is 9.91. The maximum Gasteiger partial charge on any atom is 0.310 e. The minimum atomic E-state index is -0.591. The average molecular weight is 249 g/mol. The number of amides is 1. The van der Waals surface area contributed by atoms with E-state index in [1.54, 1.807) is 0 Å². The first kappa shape index (κ1) is 13.4. The van der Waals surface area contributed by atoms with Crippen molar-refractivity contribution in [3.63, 3.8) is 0 Å². The van der Waals surface area contributed by atoms with Gasteiger partial charge in [-0.15, -0.1) is 0 Å². The second kappa shape index (κ2) is 5.63. The molecule has 0 aliphatic rings. The lowest BCUT2D eigenvalue weighted by Gasteiger charge is -2.13. The van der Waals surface area contributed by atoms with Gasteiger partial charge in [-0.25, -0.2) is 0 Å². The maximum absolute atomic E-state index is 11.8. The van der Waals surface area contributed by atoms with Crippen LogP contribution >= 0.6 is 0 Å². The van der Waals surface area contributed by atoms with Crippen LogP contribution in [0.15, 0.2) is 18.2 Å². The van der Waals surface area contributed by atoms with Gasteiger partial charge in [0.05, 0.1) is 18.1 Å². The van der Waals surface area contributed by atoms with Gasteiger partial charge in [-0.2, -0.15) is 5.26 Å². The number of benzene rings is 1. The van der Waals surface area contributed by atoms with Crippen LogP contribution in [0.2, 0.25) is 0 Å². The lowest BCUT2D eigenvalue weighted by Crippen LogP contribution is -2.26. The van der Waals surface area contributed by atoms with E-state index in [9.17, 15) is 14.9 Å². The summed E-state index contributed by atoms with van der Waals surface area (Å²) in [5.41, 5.74) is 0.0205. The van der Waals surface area contributed by atoms with Crippen LogP contribution in [0.4, 0.5) is 5.69 Å². The van der Waals surface area contributed by atoms with E-state index in [1.807, 2.05) is 6.07 Å². The molecule has 0 saturated carbocycles. The number of nitro benzene ring substituents is 1. The van der Waals surface area contributed by atoms with Crippen LogP contribution in [0.5, 0.6) is 5.75 Å². The number of ether oxygens (including phenoxy) is 1. The molecule has 0 bridgehead atoms. The Morgan fingerprint density at radius 1 is 1.61 bits per heavy atom. The minimum Gasteiger partial charge on any atom is -0.490 e. The van der Waals surface area contributed by atoms with E-state index in [-0.39, 0.29) is 23.5 Å². The maximum atomic E-state index is 11.8. The summed E-state index contributed by atoms with van der Waals surface area (Å²) in [4.78, 5) is 23.1. The van der Waals surface area contributed by atoms with E-state index in [1.165, 1.54) is 37.3 Å². The Bertz CT molecular complexity index is 522. The van der Waals surface area contributed by atoms with Crippen molar-refractivity contribution in [2.24, 2.45) is 0 Å². The van der Waals surface area contributed by atoms with Gasteiger partial charge in [0.15, 0.2) is 5.75 Å². The van der Waals surface area contributed by atoms with Gasteiger partial charge in [0.25, 0.3) is 5.91 Å². The normalized spacial score (nSPS) is 9.39. The van der Waals surface area contributed by atoms with Crippen molar-refractivity contribution in [3.8, 4) is 11.8 Å². The molecule has 1 amide bonds. The summed E-state index contributed by atoms with van der Waals surface area (Å²) < 4.78 is 4.86. The molecule has 0 aliphatic heterocycles. The van der Waals surface area contributed by atoms with Crippen LogP contribution in [-0.2, 0) is 0 Å². The number of nitro groups is 1. The Morgan fingerprint density at radius 2 is 2.28 bits per heavy atom. The summed E-state index contributed by atoms with van der Waals surface area (Å²) in [6.45, 7) is -0.0574. The molecule has 0 heterocycles. The Labute approximate surface area is 103 Å². The fraction of sp³-hybridized carbons (Fsp3) is 0.273. The van der Waals surface area contributed by atoms with Gasteiger partial charge >= 0.3 is 5.69 Å². The lowest BCUT2D eigenvalue weighted by molar-refractivity contribution is -0.385. The van der Waals surface area contributed by atoms with E-state index in [4.69, 9.17) is 10.00 Å². The first-order chi connectivity index (χ1) is 8.51. The lowest BCUT2D eigenvalue weighted by atomic mass is 10.1. The quantitative estimate of drug-likeness (QED) is 0.453. The molecular formula is C11H11N3O4. The summed E-state index contributed by atoms with van der Waals surface area (Å²) in [6.07, 6.45) is 0. The molecule has 0 atom stereocenters. The number of carbonyl (C=O) groups excluding carboxylic acids is 1. The zero-order valence-electron chi connectivity index (χ0n) is 9.91. The van der Waals surface area contributed by atoms with Gasteiger partial charge in [-0.05, 0) is 6.07 Å². The predicted octanol–water partition coefficient (Wildman–Crippen LogP) is 1.20. The first-order valence-corrected chi connectivity index (χ1v) is 4.96. The van der Waals surface area contributed by atoms with Crippen molar-refractivity contribution in [1.82, 2.24) is 4.90 Å². The Kier molecular flexibility index (Phi) is 4.21. The van der Waals surface area contributed by atoms with Gasteiger partial charge < -0.3 is 9.64 Å². The smallest absolute Gasteiger partial charge is 0.310 e. The summed E-state index contributed by atoms with van der Waals surface area (Å²) in [6, 6.07) is 5.66. The van der Waals surface area contributed by atoms with Crippen molar-refractivity contribution >= 4 is 11.6 Å². The summed E-state index contributed by atoms with van der Waals surface area (Å²) in [5.74, 6) is -0.388. The predicted molar refractivity (Wildman–Crippen MR) is 62.2 cm³/mol. The number of rotatable bonds is 4. The minimum absolute atomic E-state index is 0.0104. The van der Waals surface area contributed by atoms with Gasteiger partial charge in [-0.3, -0.25) is 14.9 Å². The van der Waals surface area contributed by atoms with Crippen LogP contribution in [0, 0.1) is 21.4 Å². The number of hydrogen-bond donors (Lipinski definition) is 0. The highest BCUT2D eigenvalue weighted by atomic mass is 16.6. The molecular weight excluding hydrogens is 238 g/mol. The highest BCUT2D eigenvalue weighted by molar-refractivity contribution is 5.95. The molecule has 0 spiro atoms. The molecule has 0 N–H and O–H groups in total. The monoisotopic (exact) mass is 249 g/mol. The van der Waals surface area contributed by atoms with Crippen LogP contribution in [0.3, 0.4) is 0 Å². The van der Waals surface area contributed by atoms with Crippen molar-refractivity contribution < 1.29 is 14.5 Å². The Hall–Kier alpha value is -2.62. The zero-order chi connectivity index (χ0) is 13.7. The van der Waals surface area contributed by atoms with Gasteiger partial charge in [0, 0.05) is 24.7 Å². The summed E-state index contributed by atoms with van der Waals surface area (Å²) in [5, 5.41) is 19.2. The molecule has 7 nitrogen and oxygen atoms in total. The second-order valence-electron chi connectivity index (χ2n) is 3.46. The van der Waals surface area contributed by atoms with E-state index in [2.05, 4.69) is 0 Å². The third-order valence-corrected chi connectivity index (χ3v) is 2.28. The molecule has 1 aromatic rings. The molecule has 1 aromatic carbocycles. The molecule has 0 radical (unpaired) electrons. The van der Waals surface area contributed by atoms with E-state index in [0.29, 0.717) is 0 Å². The Morgan fingerprint density at radius 3 is 2.78 bits per heavy atom. The molecule has 0 aliphatic carbocycles. The number of carbonyl (C=O) groups is 1. The molecule has 0 saturated heterocycles. The molecule has 94 valence electrons. The van der Waals surface area contributed by atoms with Crippen molar-refractivity contribution in [1.29, 1.82) is 5.26 Å². The molecule has 18 heavy (non-hydrogen) atoms. The molecule has 7 heteroatoms. The number of nitrogens with zero attached hydrogens (tertiary/aromatic N) is 3. The second-order valence-corrected chi connectivity index (χ2v) is 3.46. The topological polar surface area (TPSA) is 96.5 Å². The number of nitriles is 1. The number of hydrogen-bond acceptors (Lipinski definition) is 5. The van der Waals surface area contributed by atoms with Crippen LogP contribution < -0.4 is 4.74 Å². The van der Waals surface area contributed by atoms with Crippen LogP contribution in [0.1, 0.15) is 10.4 Å². The third-order valence-electron chi connectivity index (χ3n) is 2.28. The van der Waals surface area contributed by atoms with E-state index >= 15 is 0 Å². The van der Waals surface area contributed by atoms with Crippen molar-refractivity contribution in [2.45, 2.75) is 0 Å². The van der Waals surface area contributed by atoms with Crippen molar-refractivity contribution in [2.75, 3.05) is 20.7 Å². The van der Waals surface area contributed by atoms with Gasteiger partial charge in [0.2, 0.25) is 0 Å². The highest BCUT2D eigenvalue weighted by Crippen LogP contribution is 2.27. The molecule has 1 rings (SSSR count). The third kappa shape index (κ3) is 2.74. The fourth-order valence-corrected chi connectivity index (χ4v) is 1.36. The summed E-state index contributed by atoms with van der Waals surface area (Å²) >= 11 is 0. The molecule has 0 fully saturated rings. The standard InChI is InChI=1S/C11H11N3O4/c1-13(6-5-12)11(15)8-3-4-9(14(16)17)10(7-8)18-2/h3-4,7H,6H2,1-2H3. The van der Waals surface area contributed by atoms with Gasteiger partial charge in [0.1, 0.15) is 6.54 Å². The van der Waals surface area contributed by atoms with E-state index < -0.39 is 10.8 Å². The van der Waals surface area contributed by atoms with E-state index in [0.717, 1.165) is 0 Å². The van der Waals surface area contributed by atoms with Crippen LogP contribution in [0.25, 0.3) is 0 Å². The fourth-order valence-electron chi connectivity index (χ4n) is 1.36. The average Bonchev–Trinajstić information content (AvgIpc) is 2.37. The van der Waals surface area contributed by atoms with Crippen molar-refractivity contribution in [3.05, 3.63) is 33.9 Å². The SMILES string of the molecule is COc1cc(C(=O)N(C)CC#N)ccc1[N+](=O)[O-]. The molecule has 0 aromatic heterocycles. The highest BCUT2D eigenvalue weighted by Gasteiger charge is 2.19. The molecule has 0 unspecified atom stereocenters. The van der Waals surface area contributed by atoms with Crippen LogP contribution in [-0.4, -0.2) is 36.4 Å². The van der Waals surface area contributed by atoms with Gasteiger partial charge in [-0.1, -0.05) is 0 Å². The summed E-state index contributed by atoms with van der Waals surface area (Å²) in [7, 11) is 2.76. The largest absolute Gasteiger partial charge is 0.490 e. The number of methoxy groups -OCH3 is 1. The Balaban J connectivity index is 3.10.